The van der Waals surface area contributed by atoms with Crippen molar-refractivity contribution in [3.63, 3.8) is 0 Å². The molecule has 8 aromatic carbocycles. The van der Waals surface area contributed by atoms with Crippen LogP contribution in [0.5, 0.6) is 11.5 Å². The SMILES string of the molecule is CC12c3ccccc3-c3cccc(c31)N(c1ccc(-c3ccccc3)cc1)c1c2ccc2c1-c1ccccc1C21c2ccccc2Oc2ccccc21. The Bertz CT molecular complexity index is 2790. The summed E-state index contributed by atoms with van der Waals surface area (Å²) >= 11 is 0. The predicted octanol–water partition coefficient (Wildman–Crippen LogP) is 12.9. The molecule has 1 atom stereocenters. The number of fused-ring (bicyclic) bond motifs is 15. The molecule has 0 saturated heterocycles. The zero-order chi connectivity index (χ0) is 34.9. The van der Waals surface area contributed by atoms with Crippen molar-refractivity contribution in [2.24, 2.45) is 0 Å². The van der Waals surface area contributed by atoms with Crippen LogP contribution in [0.3, 0.4) is 0 Å². The van der Waals surface area contributed by atoms with Crippen molar-refractivity contribution in [1.29, 1.82) is 0 Å². The molecule has 0 aromatic heterocycles. The van der Waals surface area contributed by atoms with Gasteiger partial charge < -0.3 is 9.64 Å². The van der Waals surface area contributed by atoms with E-state index >= 15 is 0 Å². The lowest BCUT2D eigenvalue weighted by molar-refractivity contribution is 0.436. The summed E-state index contributed by atoms with van der Waals surface area (Å²) in [7, 11) is 0. The molecule has 2 heteroatoms. The van der Waals surface area contributed by atoms with Crippen LogP contribution in [0.2, 0.25) is 0 Å². The highest BCUT2D eigenvalue weighted by atomic mass is 16.5. The fourth-order valence-corrected chi connectivity index (χ4v) is 10.4. The maximum absolute atomic E-state index is 6.68. The molecule has 8 aromatic rings. The van der Waals surface area contributed by atoms with Gasteiger partial charge in [0.2, 0.25) is 0 Å². The van der Waals surface area contributed by atoms with Gasteiger partial charge in [0.15, 0.2) is 0 Å². The van der Waals surface area contributed by atoms with Crippen molar-refractivity contribution in [2.45, 2.75) is 17.8 Å². The fraction of sp³-hybridized carbons (Fsp3) is 0.0588. The molecule has 1 unspecified atom stereocenters. The largest absolute Gasteiger partial charge is 0.457 e. The number of nitrogens with zero attached hydrogens (tertiary/aromatic N) is 1. The average Bonchev–Trinajstić information content (AvgIpc) is 3.67. The predicted molar refractivity (Wildman–Crippen MR) is 215 cm³/mol. The maximum Gasteiger partial charge on any atom is 0.132 e. The third-order valence-electron chi connectivity index (χ3n) is 12.5. The molecule has 1 spiro atoms. The van der Waals surface area contributed by atoms with Gasteiger partial charge in [-0.3, -0.25) is 0 Å². The molecule has 53 heavy (non-hydrogen) atoms. The molecule has 4 aliphatic rings. The summed E-state index contributed by atoms with van der Waals surface area (Å²) in [6.07, 6.45) is 0. The van der Waals surface area contributed by atoms with Crippen molar-refractivity contribution in [3.8, 4) is 44.9 Å². The molecule has 0 N–H and O–H groups in total. The van der Waals surface area contributed by atoms with Crippen LogP contribution in [-0.2, 0) is 10.8 Å². The molecule has 0 radical (unpaired) electrons. The van der Waals surface area contributed by atoms with Gasteiger partial charge in [0.05, 0.1) is 16.8 Å². The number of hydrogen-bond donors (Lipinski definition) is 0. The van der Waals surface area contributed by atoms with Gasteiger partial charge in [-0.15, -0.1) is 0 Å². The van der Waals surface area contributed by atoms with Crippen LogP contribution in [-0.4, -0.2) is 0 Å². The lowest BCUT2D eigenvalue weighted by Crippen LogP contribution is -2.34. The van der Waals surface area contributed by atoms with Gasteiger partial charge in [0.25, 0.3) is 0 Å². The molecule has 0 amide bonds. The fourth-order valence-electron chi connectivity index (χ4n) is 10.4. The maximum atomic E-state index is 6.68. The average molecular weight is 676 g/mol. The summed E-state index contributed by atoms with van der Waals surface area (Å²) in [6.45, 7) is 2.46. The summed E-state index contributed by atoms with van der Waals surface area (Å²) in [5, 5.41) is 0. The smallest absolute Gasteiger partial charge is 0.132 e. The zero-order valence-corrected chi connectivity index (χ0v) is 29.2. The lowest BCUT2D eigenvalue weighted by Gasteiger charge is -2.44. The topological polar surface area (TPSA) is 12.5 Å². The van der Waals surface area contributed by atoms with Crippen LogP contribution in [0.4, 0.5) is 17.1 Å². The third kappa shape index (κ3) is 3.49. The Kier molecular flexibility index (Phi) is 5.60. The van der Waals surface area contributed by atoms with Gasteiger partial charge in [-0.2, -0.15) is 0 Å². The highest BCUT2D eigenvalue weighted by Gasteiger charge is 2.55. The van der Waals surface area contributed by atoms with E-state index in [4.69, 9.17) is 4.74 Å². The summed E-state index contributed by atoms with van der Waals surface area (Å²) < 4.78 is 6.68. The minimum Gasteiger partial charge on any atom is -0.457 e. The first-order valence-corrected chi connectivity index (χ1v) is 18.5. The highest BCUT2D eigenvalue weighted by molar-refractivity contribution is 6.05. The van der Waals surface area contributed by atoms with E-state index in [1.807, 2.05) is 0 Å². The van der Waals surface area contributed by atoms with Gasteiger partial charge in [0, 0.05) is 27.8 Å². The van der Waals surface area contributed by atoms with Crippen LogP contribution in [0, 0.1) is 0 Å². The van der Waals surface area contributed by atoms with Crippen LogP contribution >= 0.6 is 0 Å². The lowest BCUT2D eigenvalue weighted by atomic mass is 9.65. The molecular formula is C51H33NO. The molecule has 0 saturated carbocycles. The third-order valence-corrected chi connectivity index (χ3v) is 12.5. The van der Waals surface area contributed by atoms with E-state index in [0.29, 0.717) is 0 Å². The van der Waals surface area contributed by atoms with Gasteiger partial charge in [-0.25, -0.2) is 0 Å². The molecule has 12 rings (SSSR count). The van der Waals surface area contributed by atoms with Gasteiger partial charge >= 0.3 is 0 Å². The number of benzene rings is 8. The van der Waals surface area contributed by atoms with Crippen LogP contribution in [0.15, 0.2) is 182 Å². The molecule has 0 fully saturated rings. The molecule has 2 aliphatic carbocycles. The molecule has 0 bridgehead atoms. The molecule has 2 heterocycles. The number of rotatable bonds is 2. The first-order chi connectivity index (χ1) is 26.2. The van der Waals surface area contributed by atoms with Crippen LogP contribution in [0.1, 0.15) is 45.9 Å². The minimum atomic E-state index is -0.550. The molecule has 248 valence electrons. The van der Waals surface area contributed by atoms with Crippen LogP contribution < -0.4 is 9.64 Å². The second-order valence-corrected chi connectivity index (χ2v) is 14.9. The number of hydrogen-bond acceptors (Lipinski definition) is 2. The Morgan fingerprint density at radius 1 is 0.415 bits per heavy atom. The monoisotopic (exact) mass is 675 g/mol. The van der Waals surface area contributed by atoms with Gasteiger partial charge in [-0.1, -0.05) is 152 Å². The van der Waals surface area contributed by atoms with Gasteiger partial charge in [-0.05, 0) is 92.9 Å². The van der Waals surface area contributed by atoms with Crippen molar-refractivity contribution in [2.75, 3.05) is 4.90 Å². The summed E-state index contributed by atoms with van der Waals surface area (Å²) in [6, 6.07) is 67.1. The molecular weight excluding hydrogens is 643 g/mol. The normalized spacial score (nSPS) is 17.1. The van der Waals surface area contributed by atoms with Crippen LogP contribution in [0.25, 0.3) is 33.4 Å². The number of para-hydroxylation sites is 2. The Balaban J connectivity index is 1.22. The Morgan fingerprint density at radius 3 is 1.72 bits per heavy atom. The molecule has 2 aliphatic heterocycles. The summed E-state index contributed by atoms with van der Waals surface area (Å²) in [5.41, 5.74) is 19.4. The van der Waals surface area contributed by atoms with Crippen molar-refractivity contribution >= 4 is 17.1 Å². The summed E-state index contributed by atoms with van der Waals surface area (Å²) in [5.74, 6) is 1.82. The Hall–Kier alpha value is -6.64. The van der Waals surface area contributed by atoms with E-state index in [0.717, 1.165) is 17.2 Å². The van der Waals surface area contributed by atoms with E-state index in [2.05, 4.69) is 194 Å². The van der Waals surface area contributed by atoms with E-state index in [1.165, 1.54) is 83.7 Å². The van der Waals surface area contributed by atoms with E-state index in [9.17, 15) is 0 Å². The van der Waals surface area contributed by atoms with E-state index < -0.39 is 5.41 Å². The van der Waals surface area contributed by atoms with E-state index in [-0.39, 0.29) is 5.41 Å². The number of anilines is 3. The van der Waals surface area contributed by atoms with E-state index in [1.54, 1.807) is 0 Å². The first-order valence-electron chi connectivity index (χ1n) is 18.5. The number of ether oxygens (including phenoxy) is 1. The quantitative estimate of drug-likeness (QED) is 0.181. The Morgan fingerprint density at radius 2 is 0.981 bits per heavy atom. The van der Waals surface area contributed by atoms with Crippen molar-refractivity contribution in [3.05, 3.63) is 221 Å². The standard InChI is InChI=1S/C51H33NO/c1-50-38-19-7-5-16-35(38)36-18-13-23-44(48(36)50)52(34-28-26-33(27-29-34)32-14-3-2-4-15-32)49-43(50)31-30-42-47(49)37-17-6-8-20-39(37)51(42)40-21-9-11-24-45(40)53-46-25-12-10-22-41(46)51/h2-31H,1H3. The molecule has 2 nitrogen and oxygen atoms in total. The van der Waals surface area contributed by atoms with Crippen molar-refractivity contribution < 1.29 is 4.74 Å². The summed E-state index contributed by atoms with van der Waals surface area (Å²) in [4.78, 5) is 2.57. The second kappa shape index (κ2) is 10.2. The highest BCUT2D eigenvalue weighted by Crippen LogP contribution is 2.69. The first kappa shape index (κ1) is 29.0. The minimum absolute atomic E-state index is 0.344. The Labute approximate surface area is 309 Å². The van der Waals surface area contributed by atoms with Crippen molar-refractivity contribution in [1.82, 2.24) is 0 Å². The van der Waals surface area contributed by atoms with Gasteiger partial charge in [0.1, 0.15) is 11.5 Å². The zero-order valence-electron chi connectivity index (χ0n) is 29.2. The second-order valence-electron chi connectivity index (χ2n) is 14.9.